The van der Waals surface area contributed by atoms with E-state index >= 15 is 0 Å². The van der Waals surface area contributed by atoms with E-state index in [-0.39, 0.29) is 0 Å². The van der Waals surface area contributed by atoms with E-state index in [1.54, 1.807) is 0 Å². The molecule has 150 valence electrons. The van der Waals surface area contributed by atoms with Crippen molar-refractivity contribution in [2.45, 2.75) is 13.1 Å². The molecule has 8 aliphatic heterocycles. The molecule has 0 aliphatic carbocycles. The Morgan fingerprint density at radius 2 is 0.714 bits per heavy atom. The molecule has 8 fully saturated rings. The number of benzene rings is 1. The summed E-state index contributed by atoms with van der Waals surface area (Å²) in [6, 6.07) is 9.66. The van der Waals surface area contributed by atoms with E-state index in [9.17, 15) is 0 Å². The van der Waals surface area contributed by atoms with Crippen LogP contribution in [0.2, 0.25) is 0 Å². The Bertz CT molecular complexity index is 641. The molecule has 8 heterocycles. The number of hydrogen-bond donors (Lipinski definition) is 0. The summed E-state index contributed by atoms with van der Waals surface area (Å²) in [6.07, 6.45) is 0. The smallest absolute Gasteiger partial charge is 0.139 e. The first-order chi connectivity index (χ1) is 13.6. The summed E-state index contributed by atoms with van der Waals surface area (Å²) in [4.78, 5) is 15.6. The van der Waals surface area contributed by atoms with Gasteiger partial charge in [-0.2, -0.15) is 0 Å². The first kappa shape index (κ1) is 16.7. The Labute approximate surface area is 167 Å². The third kappa shape index (κ3) is 2.68. The van der Waals surface area contributed by atoms with Gasteiger partial charge in [-0.3, -0.25) is 8.97 Å². The molecule has 8 bridgehead atoms. The van der Waals surface area contributed by atoms with Crippen molar-refractivity contribution < 1.29 is 8.97 Å². The zero-order valence-electron chi connectivity index (χ0n) is 16.8. The molecular formula is C20H32N8+2. The van der Waals surface area contributed by atoms with Crippen LogP contribution in [-0.2, 0) is 13.1 Å². The van der Waals surface area contributed by atoms with Gasteiger partial charge in [0.25, 0.3) is 0 Å². The lowest BCUT2D eigenvalue weighted by atomic mass is 10.1. The van der Waals surface area contributed by atoms with Gasteiger partial charge in [0.1, 0.15) is 53.1 Å². The predicted octanol–water partition coefficient (Wildman–Crippen LogP) is -0.296. The molecule has 0 N–H and O–H groups in total. The molecule has 1 aromatic rings. The van der Waals surface area contributed by atoms with Crippen molar-refractivity contribution >= 4 is 0 Å². The molecule has 0 unspecified atom stereocenters. The lowest BCUT2D eigenvalue weighted by Gasteiger charge is -2.61. The van der Waals surface area contributed by atoms with E-state index in [1.807, 2.05) is 0 Å². The monoisotopic (exact) mass is 384 g/mol. The van der Waals surface area contributed by atoms with Crippen molar-refractivity contribution in [3.63, 3.8) is 0 Å². The van der Waals surface area contributed by atoms with Gasteiger partial charge in [-0.25, -0.2) is 29.4 Å². The molecule has 0 atom stereocenters. The van der Waals surface area contributed by atoms with Gasteiger partial charge >= 0.3 is 0 Å². The average Bonchev–Trinajstić information content (AvgIpc) is 2.60. The third-order valence-electron chi connectivity index (χ3n) is 7.46. The van der Waals surface area contributed by atoms with Crippen molar-refractivity contribution in [2.24, 2.45) is 0 Å². The van der Waals surface area contributed by atoms with Crippen LogP contribution < -0.4 is 0 Å². The molecule has 8 heteroatoms. The van der Waals surface area contributed by atoms with Crippen LogP contribution in [0.15, 0.2) is 24.3 Å². The maximum Gasteiger partial charge on any atom is 0.139 e. The molecule has 0 spiro atoms. The van der Waals surface area contributed by atoms with Crippen molar-refractivity contribution in [2.75, 3.05) is 80.0 Å². The summed E-state index contributed by atoms with van der Waals surface area (Å²) in [5, 5.41) is 0. The van der Waals surface area contributed by atoms with E-state index < -0.39 is 0 Å². The lowest BCUT2D eigenvalue weighted by molar-refractivity contribution is -0.991. The maximum absolute atomic E-state index is 2.61. The summed E-state index contributed by atoms with van der Waals surface area (Å²) in [5.41, 5.74) is 3.01. The average molecular weight is 385 g/mol. The van der Waals surface area contributed by atoms with Gasteiger partial charge in [0.15, 0.2) is 0 Å². The highest BCUT2D eigenvalue weighted by Crippen LogP contribution is 2.32. The van der Waals surface area contributed by atoms with Crippen LogP contribution in [0.3, 0.4) is 0 Å². The lowest BCUT2D eigenvalue weighted by Crippen LogP contribution is -2.78. The second-order valence-corrected chi connectivity index (χ2v) is 10.5. The van der Waals surface area contributed by atoms with Gasteiger partial charge in [0, 0.05) is 11.1 Å². The molecule has 0 aromatic heterocycles. The number of quaternary nitrogens is 2. The number of nitrogens with zero attached hydrogens (tertiary/aromatic N) is 8. The van der Waals surface area contributed by atoms with Crippen molar-refractivity contribution in [3.05, 3.63) is 35.4 Å². The largest absolute Gasteiger partial charge is 0.282 e. The van der Waals surface area contributed by atoms with Crippen LogP contribution in [-0.4, -0.2) is 118 Å². The summed E-state index contributed by atoms with van der Waals surface area (Å²) in [7, 11) is 0. The Kier molecular flexibility index (Phi) is 3.42. The minimum absolute atomic E-state index is 1.17. The van der Waals surface area contributed by atoms with Gasteiger partial charge in [-0.05, 0) is 0 Å². The zero-order chi connectivity index (χ0) is 18.3. The molecule has 0 saturated carbocycles. The minimum atomic E-state index is 1.17. The summed E-state index contributed by atoms with van der Waals surface area (Å²) < 4.78 is 2.39. The van der Waals surface area contributed by atoms with Gasteiger partial charge in [0.2, 0.25) is 0 Å². The Balaban J connectivity index is 1.07. The van der Waals surface area contributed by atoms with Crippen molar-refractivity contribution in [1.29, 1.82) is 0 Å². The zero-order valence-corrected chi connectivity index (χ0v) is 16.8. The standard InChI is InChI=1S/C20H32N8/c1-2-20(6-28-16-24-10-25(17-28)12-26(11-24)18-28)4-3-19(1)5-27-13-21-7-22(14-27)9-23(8-21)15-27/h1-4H,5-18H2/q+2. The van der Waals surface area contributed by atoms with Crippen LogP contribution in [0.4, 0.5) is 0 Å². The fraction of sp³-hybridized carbons (Fsp3) is 0.700. The highest BCUT2D eigenvalue weighted by atomic mass is 15.7. The summed E-state index contributed by atoms with van der Waals surface area (Å²) >= 11 is 0. The van der Waals surface area contributed by atoms with Crippen molar-refractivity contribution in [1.82, 2.24) is 29.4 Å². The normalized spacial score (nSPS) is 50.4. The highest BCUT2D eigenvalue weighted by molar-refractivity contribution is 5.21. The molecule has 8 nitrogen and oxygen atoms in total. The van der Waals surface area contributed by atoms with Crippen LogP contribution in [0.25, 0.3) is 0 Å². The van der Waals surface area contributed by atoms with Crippen LogP contribution in [0.1, 0.15) is 11.1 Å². The molecule has 0 amide bonds. The fourth-order valence-electron chi connectivity index (χ4n) is 7.14. The fourth-order valence-corrected chi connectivity index (χ4v) is 7.14. The Hall–Kier alpha value is -1.10. The Morgan fingerprint density at radius 3 is 0.964 bits per heavy atom. The SMILES string of the molecule is c1cc(C[N+]23CN4CN(CN(C4)C2)C3)ccc1C[N+]12CN3CN(CN(C3)C1)C2. The van der Waals surface area contributed by atoms with E-state index in [1.165, 1.54) is 113 Å². The van der Waals surface area contributed by atoms with E-state index in [0.717, 1.165) is 0 Å². The first-order valence-electron chi connectivity index (χ1n) is 10.8. The van der Waals surface area contributed by atoms with Gasteiger partial charge < -0.3 is 0 Å². The van der Waals surface area contributed by atoms with Crippen LogP contribution >= 0.6 is 0 Å². The van der Waals surface area contributed by atoms with Gasteiger partial charge in [0.05, 0.1) is 40.0 Å². The number of rotatable bonds is 4. The molecular weight excluding hydrogens is 352 g/mol. The quantitative estimate of drug-likeness (QED) is 0.660. The van der Waals surface area contributed by atoms with E-state index in [0.29, 0.717) is 0 Å². The molecule has 8 saturated heterocycles. The first-order valence-corrected chi connectivity index (χ1v) is 10.8. The second-order valence-electron chi connectivity index (χ2n) is 10.5. The predicted molar refractivity (Wildman–Crippen MR) is 104 cm³/mol. The molecule has 9 rings (SSSR count). The van der Waals surface area contributed by atoms with Crippen LogP contribution in [0, 0.1) is 0 Å². The van der Waals surface area contributed by atoms with Crippen molar-refractivity contribution in [3.8, 4) is 0 Å². The van der Waals surface area contributed by atoms with E-state index in [2.05, 4.69) is 53.7 Å². The topological polar surface area (TPSA) is 19.4 Å². The highest BCUT2D eigenvalue weighted by Gasteiger charge is 2.49. The van der Waals surface area contributed by atoms with Gasteiger partial charge in [-0.15, -0.1) is 0 Å². The summed E-state index contributed by atoms with van der Waals surface area (Å²) in [5.74, 6) is 0. The third-order valence-corrected chi connectivity index (χ3v) is 7.46. The minimum Gasteiger partial charge on any atom is -0.282 e. The molecule has 0 radical (unpaired) electrons. The van der Waals surface area contributed by atoms with E-state index in [4.69, 9.17) is 0 Å². The maximum atomic E-state index is 2.61. The Morgan fingerprint density at radius 1 is 0.464 bits per heavy atom. The molecule has 28 heavy (non-hydrogen) atoms. The van der Waals surface area contributed by atoms with Crippen LogP contribution in [0.5, 0.6) is 0 Å². The second kappa shape index (κ2) is 5.74. The molecule has 8 aliphatic rings. The molecule has 1 aromatic carbocycles. The summed E-state index contributed by atoms with van der Waals surface area (Å²) in [6.45, 7) is 16.6. The van der Waals surface area contributed by atoms with Gasteiger partial charge in [-0.1, -0.05) is 24.3 Å². The number of hydrogen-bond acceptors (Lipinski definition) is 6.